The van der Waals surface area contributed by atoms with Gasteiger partial charge in [-0.3, -0.25) is 19.7 Å². The van der Waals surface area contributed by atoms with E-state index in [-0.39, 0.29) is 30.0 Å². The fraction of sp³-hybridized carbons (Fsp3) is 0.231. The van der Waals surface area contributed by atoms with Gasteiger partial charge in [0.15, 0.2) is 0 Å². The highest BCUT2D eigenvalue weighted by atomic mass is 16.6. The molecule has 0 saturated carbocycles. The highest BCUT2D eigenvalue weighted by molar-refractivity contribution is 5.99. The van der Waals surface area contributed by atoms with Gasteiger partial charge in [-0.2, -0.15) is 0 Å². The van der Waals surface area contributed by atoms with E-state index in [1.807, 2.05) is 30.3 Å². The van der Waals surface area contributed by atoms with E-state index in [0.29, 0.717) is 11.4 Å². The molecule has 33 heavy (non-hydrogen) atoms. The molecule has 7 heteroatoms. The molecule has 4 rings (SSSR count). The van der Waals surface area contributed by atoms with Crippen molar-refractivity contribution in [2.75, 3.05) is 11.4 Å². The Morgan fingerprint density at radius 3 is 2.18 bits per heavy atom. The average Bonchev–Trinajstić information content (AvgIpc) is 3.22. The van der Waals surface area contributed by atoms with E-state index in [2.05, 4.69) is 26.0 Å². The Kier molecular flexibility index (Phi) is 5.96. The molecular weight excluding hydrogens is 420 g/mol. The molecule has 1 aliphatic heterocycles. The van der Waals surface area contributed by atoms with Crippen molar-refractivity contribution in [1.29, 1.82) is 0 Å². The van der Waals surface area contributed by atoms with Crippen LogP contribution in [0.5, 0.6) is 5.75 Å². The molecule has 1 amide bonds. The van der Waals surface area contributed by atoms with Crippen molar-refractivity contribution in [1.82, 2.24) is 0 Å². The summed E-state index contributed by atoms with van der Waals surface area (Å²) < 4.78 is 5.55. The molecule has 1 fully saturated rings. The molecule has 1 saturated heterocycles. The molecule has 0 radical (unpaired) electrons. The first-order valence-electron chi connectivity index (χ1n) is 10.7. The van der Waals surface area contributed by atoms with Gasteiger partial charge in [-0.1, -0.05) is 56.3 Å². The first-order chi connectivity index (χ1) is 15.8. The molecule has 1 heterocycles. The zero-order valence-corrected chi connectivity index (χ0v) is 18.4. The molecule has 0 unspecified atom stereocenters. The Bertz CT molecular complexity index is 1170. The number of nitrogens with zero attached hydrogens (tertiary/aromatic N) is 2. The van der Waals surface area contributed by atoms with Gasteiger partial charge in [0.25, 0.3) is 5.69 Å². The number of benzene rings is 3. The maximum Gasteiger partial charge on any atom is 0.316 e. The third-order valence-corrected chi connectivity index (χ3v) is 6.12. The lowest BCUT2D eigenvalue weighted by molar-refractivity contribution is -0.384. The van der Waals surface area contributed by atoms with Crippen LogP contribution in [0.2, 0.25) is 0 Å². The van der Waals surface area contributed by atoms with Crippen molar-refractivity contribution < 1.29 is 19.2 Å². The molecule has 0 spiro atoms. The fourth-order valence-electron chi connectivity index (χ4n) is 4.03. The number of hydrogen-bond donors (Lipinski definition) is 0. The monoisotopic (exact) mass is 444 g/mol. The number of hydrogen-bond acceptors (Lipinski definition) is 5. The highest BCUT2D eigenvalue weighted by Crippen LogP contribution is 2.33. The maximum atomic E-state index is 12.7. The van der Waals surface area contributed by atoms with E-state index in [1.54, 1.807) is 12.1 Å². The molecule has 1 aliphatic rings. The predicted molar refractivity (Wildman–Crippen MR) is 124 cm³/mol. The number of carbonyl (C=O) groups is 2. The van der Waals surface area contributed by atoms with E-state index >= 15 is 0 Å². The van der Waals surface area contributed by atoms with Gasteiger partial charge >= 0.3 is 5.97 Å². The van der Waals surface area contributed by atoms with Crippen LogP contribution in [0.3, 0.4) is 0 Å². The number of anilines is 1. The summed E-state index contributed by atoms with van der Waals surface area (Å²) in [4.78, 5) is 36.9. The summed E-state index contributed by atoms with van der Waals surface area (Å²) in [5, 5.41) is 10.8. The van der Waals surface area contributed by atoms with Gasteiger partial charge < -0.3 is 9.64 Å². The Hall–Kier alpha value is -4.00. The smallest absolute Gasteiger partial charge is 0.316 e. The number of nitro benzene ring substituents is 1. The van der Waals surface area contributed by atoms with E-state index < -0.39 is 16.8 Å². The third kappa shape index (κ3) is 4.62. The molecular formula is C26H24N2O5. The summed E-state index contributed by atoms with van der Waals surface area (Å²) in [7, 11) is 0. The topological polar surface area (TPSA) is 89.8 Å². The molecule has 0 bridgehead atoms. The van der Waals surface area contributed by atoms with Crippen molar-refractivity contribution in [3.8, 4) is 5.75 Å². The number of esters is 1. The first-order valence-corrected chi connectivity index (χ1v) is 10.7. The second kappa shape index (κ2) is 8.86. The molecule has 3 aromatic rings. The lowest BCUT2D eigenvalue weighted by Crippen LogP contribution is -2.27. The lowest BCUT2D eigenvalue weighted by Gasteiger charge is -2.26. The van der Waals surface area contributed by atoms with Crippen molar-refractivity contribution in [3.63, 3.8) is 0 Å². The predicted octanol–water partition coefficient (Wildman–Crippen LogP) is 4.88. The molecule has 0 N–H and O–H groups in total. The van der Waals surface area contributed by atoms with Crippen molar-refractivity contribution >= 4 is 23.3 Å². The first kappa shape index (κ1) is 22.2. The summed E-state index contributed by atoms with van der Waals surface area (Å²) in [6, 6.07) is 23.3. The standard InChI is InChI=1S/C26H24N2O5/c1-26(2,19-6-4-3-5-7-19)20-8-14-23(15-9-20)33-25(30)18-16-24(29)27(17-18)21-10-12-22(13-11-21)28(31)32/h3-15,18H,16-17H2,1-2H3/t18-/m0/s1. The Morgan fingerprint density at radius 1 is 0.970 bits per heavy atom. The summed E-state index contributed by atoms with van der Waals surface area (Å²) in [5.74, 6) is -0.865. The molecule has 7 nitrogen and oxygen atoms in total. The summed E-state index contributed by atoms with van der Waals surface area (Å²) in [6.07, 6.45) is 0.0366. The minimum Gasteiger partial charge on any atom is -0.426 e. The van der Waals surface area contributed by atoms with Gasteiger partial charge in [0, 0.05) is 36.2 Å². The Morgan fingerprint density at radius 2 is 1.58 bits per heavy atom. The van der Waals surface area contributed by atoms with Crippen LogP contribution in [0, 0.1) is 16.0 Å². The number of nitro groups is 1. The van der Waals surface area contributed by atoms with Crippen LogP contribution in [0.4, 0.5) is 11.4 Å². The molecule has 1 atom stereocenters. The van der Waals surface area contributed by atoms with Gasteiger partial charge in [-0.05, 0) is 35.4 Å². The summed E-state index contributed by atoms with van der Waals surface area (Å²) >= 11 is 0. The second-order valence-electron chi connectivity index (χ2n) is 8.62. The number of rotatable bonds is 6. The average molecular weight is 444 g/mol. The van der Waals surface area contributed by atoms with Crippen LogP contribution in [0.1, 0.15) is 31.4 Å². The van der Waals surface area contributed by atoms with Crippen LogP contribution in [0.25, 0.3) is 0 Å². The molecule has 3 aromatic carbocycles. The van der Waals surface area contributed by atoms with Crippen LogP contribution in [-0.4, -0.2) is 23.3 Å². The molecule has 168 valence electrons. The highest BCUT2D eigenvalue weighted by Gasteiger charge is 2.36. The minimum absolute atomic E-state index is 0.0366. The fourth-order valence-corrected chi connectivity index (χ4v) is 4.03. The second-order valence-corrected chi connectivity index (χ2v) is 8.62. The summed E-state index contributed by atoms with van der Waals surface area (Å²) in [5.41, 5.74) is 2.54. The zero-order chi connectivity index (χ0) is 23.6. The van der Waals surface area contributed by atoms with Crippen molar-refractivity contribution in [2.24, 2.45) is 5.92 Å². The Balaban J connectivity index is 1.41. The largest absolute Gasteiger partial charge is 0.426 e. The quantitative estimate of drug-likeness (QED) is 0.234. The minimum atomic E-state index is -0.604. The Labute approximate surface area is 191 Å². The SMILES string of the molecule is CC(C)(c1ccccc1)c1ccc(OC(=O)[C@H]2CC(=O)N(c3ccc([N+](=O)[O-])cc3)C2)cc1. The van der Waals surface area contributed by atoms with Crippen molar-refractivity contribution in [2.45, 2.75) is 25.7 Å². The van der Waals surface area contributed by atoms with Gasteiger partial charge in [-0.25, -0.2) is 0 Å². The van der Waals surface area contributed by atoms with E-state index in [4.69, 9.17) is 4.74 Å². The van der Waals surface area contributed by atoms with Gasteiger partial charge in [0.05, 0.1) is 10.8 Å². The zero-order valence-electron chi connectivity index (χ0n) is 18.4. The number of non-ortho nitro benzene ring substituents is 1. The van der Waals surface area contributed by atoms with Gasteiger partial charge in [-0.15, -0.1) is 0 Å². The summed E-state index contributed by atoms with van der Waals surface area (Å²) in [6.45, 7) is 4.45. The van der Waals surface area contributed by atoms with Crippen LogP contribution in [-0.2, 0) is 15.0 Å². The number of carbonyl (C=O) groups excluding carboxylic acids is 2. The number of ether oxygens (including phenoxy) is 1. The lowest BCUT2D eigenvalue weighted by atomic mass is 9.78. The van der Waals surface area contributed by atoms with E-state index in [0.717, 1.165) is 5.56 Å². The molecule has 0 aliphatic carbocycles. The van der Waals surface area contributed by atoms with Crippen molar-refractivity contribution in [3.05, 3.63) is 100 Å². The number of amides is 1. The van der Waals surface area contributed by atoms with Gasteiger partial charge in [0.1, 0.15) is 5.75 Å². The van der Waals surface area contributed by atoms with E-state index in [1.165, 1.54) is 34.7 Å². The normalized spacial score (nSPS) is 16.0. The van der Waals surface area contributed by atoms with Crippen LogP contribution in [0.15, 0.2) is 78.9 Å². The van der Waals surface area contributed by atoms with Crippen LogP contribution < -0.4 is 9.64 Å². The van der Waals surface area contributed by atoms with Gasteiger partial charge in [0.2, 0.25) is 5.91 Å². The maximum absolute atomic E-state index is 12.7. The third-order valence-electron chi connectivity index (χ3n) is 6.12. The van der Waals surface area contributed by atoms with Crippen LogP contribution >= 0.6 is 0 Å². The van der Waals surface area contributed by atoms with E-state index in [9.17, 15) is 19.7 Å². The molecule has 0 aromatic heterocycles.